The highest BCUT2D eigenvalue weighted by molar-refractivity contribution is 7.12. The van der Waals surface area contributed by atoms with Crippen LogP contribution in [0.4, 0.5) is 0 Å². The second kappa shape index (κ2) is 7.68. The molecule has 1 atom stereocenters. The number of para-hydroxylation sites is 1. The fourth-order valence-corrected chi connectivity index (χ4v) is 4.36. The molecule has 1 unspecified atom stereocenters. The largest absolute Gasteiger partial charge is 0.496 e. The van der Waals surface area contributed by atoms with E-state index < -0.39 is 0 Å². The average Bonchev–Trinajstić information content (AvgIpc) is 3.49. The van der Waals surface area contributed by atoms with Gasteiger partial charge in [0.05, 0.1) is 34.8 Å². The van der Waals surface area contributed by atoms with Gasteiger partial charge >= 0.3 is 0 Å². The molecule has 2 aromatic carbocycles. The van der Waals surface area contributed by atoms with Gasteiger partial charge in [-0.25, -0.2) is 5.01 Å². The Balaban J connectivity index is 1.59. The Labute approximate surface area is 177 Å². The summed E-state index contributed by atoms with van der Waals surface area (Å²) in [7, 11) is 1.64. The molecular formula is C23H18N4O2S. The molecule has 4 aromatic rings. The molecule has 0 saturated carbocycles. The van der Waals surface area contributed by atoms with Crippen molar-refractivity contribution in [1.29, 1.82) is 0 Å². The summed E-state index contributed by atoms with van der Waals surface area (Å²) in [6.07, 6.45) is 3.93. The molecular weight excluding hydrogens is 396 g/mol. The third kappa shape index (κ3) is 3.23. The number of nitrogens with zero attached hydrogens (tertiary/aromatic N) is 4. The number of methoxy groups -OCH3 is 1. The molecule has 5 rings (SSSR count). The van der Waals surface area contributed by atoms with Gasteiger partial charge in [-0.3, -0.25) is 14.8 Å². The number of thiophene rings is 1. The molecule has 30 heavy (non-hydrogen) atoms. The van der Waals surface area contributed by atoms with Crippen LogP contribution in [0.15, 0.2) is 77.5 Å². The molecule has 0 N–H and O–H groups in total. The number of hydrogen-bond donors (Lipinski definition) is 0. The van der Waals surface area contributed by atoms with Gasteiger partial charge in [-0.05, 0) is 41.3 Å². The molecule has 1 aliphatic heterocycles. The zero-order valence-corrected chi connectivity index (χ0v) is 17.0. The summed E-state index contributed by atoms with van der Waals surface area (Å²) in [4.78, 5) is 22.7. The van der Waals surface area contributed by atoms with Gasteiger partial charge in [0.25, 0.3) is 5.91 Å². The topological polar surface area (TPSA) is 67.7 Å². The van der Waals surface area contributed by atoms with Crippen LogP contribution in [0.2, 0.25) is 0 Å². The van der Waals surface area contributed by atoms with E-state index in [1.54, 1.807) is 24.5 Å². The molecule has 148 valence electrons. The van der Waals surface area contributed by atoms with Crippen molar-refractivity contribution >= 4 is 34.0 Å². The minimum atomic E-state index is -0.231. The van der Waals surface area contributed by atoms with Crippen LogP contribution in [-0.4, -0.2) is 33.7 Å². The van der Waals surface area contributed by atoms with Crippen LogP contribution in [0.5, 0.6) is 5.75 Å². The van der Waals surface area contributed by atoms with E-state index in [2.05, 4.69) is 9.97 Å². The summed E-state index contributed by atoms with van der Waals surface area (Å²) in [5.74, 6) is 0.629. The van der Waals surface area contributed by atoms with Crippen LogP contribution >= 0.6 is 11.3 Å². The minimum Gasteiger partial charge on any atom is -0.496 e. The van der Waals surface area contributed by atoms with Crippen LogP contribution in [0.1, 0.15) is 33.3 Å². The smallest absolute Gasteiger partial charge is 0.284 e. The zero-order chi connectivity index (χ0) is 20.5. The molecule has 6 nitrogen and oxygen atoms in total. The second-order valence-corrected chi connectivity index (χ2v) is 7.85. The lowest BCUT2D eigenvalue weighted by Gasteiger charge is -2.21. The number of hydrazone groups is 1. The number of aromatic nitrogens is 2. The predicted molar refractivity (Wildman–Crippen MR) is 117 cm³/mol. The second-order valence-electron chi connectivity index (χ2n) is 6.90. The lowest BCUT2D eigenvalue weighted by molar-refractivity contribution is 0.0716. The lowest BCUT2D eigenvalue weighted by Crippen LogP contribution is -2.26. The molecule has 2 aromatic heterocycles. The molecule has 1 amide bonds. The average molecular weight is 414 g/mol. The van der Waals surface area contributed by atoms with Gasteiger partial charge in [-0.1, -0.05) is 24.3 Å². The van der Waals surface area contributed by atoms with E-state index in [0.717, 1.165) is 33.6 Å². The Bertz CT molecular complexity index is 1250. The monoisotopic (exact) mass is 414 g/mol. The number of carbonyl (C=O) groups is 1. The number of benzene rings is 2. The van der Waals surface area contributed by atoms with E-state index in [4.69, 9.17) is 9.84 Å². The van der Waals surface area contributed by atoms with E-state index in [-0.39, 0.29) is 11.9 Å². The molecule has 0 fully saturated rings. The first-order valence-corrected chi connectivity index (χ1v) is 10.4. The number of rotatable bonds is 4. The summed E-state index contributed by atoms with van der Waals surface area (Å²) in [5, 5.41) is 8.24. The number of hydrogen-bond acceptors (Lipinski definition) is 6. The third-order valence-electron chi connectivity index (χ3n) is 5.15. The maximum Gasteiger partial charge on any atom is 0.284 e. The van der Waals surface area contributed by atoms with Gasteiger partial charge < -0.3 is 4.74 Å². The maximum atomic E-state index is 13.3. The normalized spacial score (nSPS) is 16.0. The van der Waals surface area contributed by atoms with Gasteiger partial charge in [0.2, 0.25) is 0 Å². The van der Waals surface area contributed by atoms with Crippen LogP contribution < -0.4 is 4.74 Å². The Kier molecular flexibility index (Phi) is 4.72. The SMILES string of the molecule is COc1ccccc1C1=NN(C(=O)c2cccs2)C(c2ccc3nccnc3c2)C1. The van der Waals surface area contributed by atoms with Gasteiger partial charge in [0.15, 0.2) is 0 Å². The van der Waals surface area contributed by atoms with Gasteiger partial charge in [-0.2, -0.15) is 5.10 Å². The van der Waals surface area contributed by atoms with Crippen LogP contribution in [0.3, 0.4) is 0 Å². The Morgan fingerprint density at radius 2 is 1.90 bits per heavy atom. The summed E-state index contributed by atoms with van der Waals surface area (Å²) in [6, 6.07) is 17.1. The highest BCUT2D eigenvalue weighted by Gasteiger charge is 2.35. The molecule has 0 bridgehead atoms. The number of fused-ring (bicyclic) bond motifs is 1. The van der Waals surface area contributed by atoms with E-state index in [1.807, 2.05) is 60.0 Å². The first kappa shape index (κ1) is 18.4. The van der Waals surface area contributed by atoms with E-state index in [9.17, 15) is 4.79 Å². The van der Waals surface area contributed by atoms with Crippen LogP contribution in [-0.2, 0) is 0 Å². The molecule has 0 spiro atoms. The molecule has 7 heteroatoms. The maximum absolute atomic E-state index is 13.3. The Morgan fingerprint density at radius 1 is 1.07 bits per heavy atom. The number of ether oxygens (including phenoxy) is 1. The zero-order valence-electron chi connectivity index (χ0n) is 16.2. The van der Waals surface area contributed by atoms with Crippen molar-refractivity contribution in [3.63, 3.8) is 0 Å². The fraction of sp³-hybridized carbons (Fsp3) is 0.130. The fourth-order valence-electron chi connectivity index (χ4n) is 3.70. The quantitative estimate of drug-likeness (QED) is 0.486. The molecule has 0 aliphatic carbocycles. The van der Waals surface area contributed by atoms with Crippen molar-refractivity contribution < 1.29 is 9.53 Å². The van der Waals surface area contributed by atoms with Crippen molar-refractivity contribution in [3.8, 4) is 5.75 Å². The minimum absolute atomic E-state index is 0.112. The Hall–Kier alpha value is -3.58. The van der Waals surface area contributed by atoms with E-state index in [1.165, 1.54) is 11.3 Å². The summed E-state index contributed by atoms with van der Waals surface area (Å²) in [5.41, 5.74) is 4.31. The van der Waals surface area contributed by atoms with Crippen molar-refractivity contribution in [3.05, 3.63) is 88.4 Å². The van der Waals surface area contributed by atoms with Crippen molar-refractivity contribution in [2.75, 3.05) is 7.11 Å². The van der Waals surface area contributed by atoms with E-state index >= 15 is 0 Å². The summed E-state index contributed by atoms with van der Waals surface area (Å²) in [6.45, 7) is 0. The predicted octanol–water partition coefficient (Wildman–Crippen LogP) is 4.69. The third-order valence-corrected chi connectivity index (χ3v) is 6.00. The van der Waals surface area contributed by atoms with Gasteiger partial charge in [0, 0.05) is 24.4 Å². The van der Waals surface area contributed by atoms with E-state index in [0.29, 0.717) is 11.3 Å². The Morgan fingerprint density at radius 3 is 2.70 bits per heavy atom. The number of carbonyl (C=O) groups excluding carboxylic acids is 1. The van der Waals surface area contributed by atoms with Crippen molar-refractivity contribution in [2.24, 2.45) is 5.10 Å². The highest BCUT2D eigenvalue weighted by atomic mass is 32.1. The van der Waals surface area contributed by atoms with Crippen LogP contribution in [0.25, 0.3) is 11.0 Å². The molecule has 0 saturated heterocycles. The lowest BCUT2D eigenvalue weighted by atomic mass is 9.97. The highest BCUT2D eigenvalue weighted by Crippen LogP contribution is 2.37. The van der Waals surface area contributed by atoms with Gasteiger partial charge in [-0.15, -0.1) is 11.3 Å². The molecule has 3 heterocycles. The van der Waals surface area contributed by atoms with Crippen LogP contribution in [0, 0.1) is 0 Å². The molecule has 0 radical (unpaired) electrons. The van der Waals surface area contributed by atoms with Gasteiger partial charge in [0.1, 0.15) is 5.75 Å². The number of amides is 1. The first-order chi connectivity index (χ1) is 14.7. The molecule has 1 aliphatic rings. The van der Waals surface area contributed by atoms with Crippen molar-refractivity contribution in [2.45, 2.75) is 12.5 Å². The standard InChI is InChI=1S/C23H18N4O2S/c1-29-21-6-3-2-5-16(21)18-14-20(27(26-18)23(28)22-7-4-12-30-22)15-8-9-17-19(13-15)25-11-10-24-17/h2-13,20H,14H2,1H3. The van der Waals surface area contributed by atoms with Crippen molar-refractivity contribution in [1.82, 2.24) is 15.0 Å². The first-order valence-electron chi connectivity index (χ1n) is 9.53. The summed E-state index contributed by atoms with van der Waals surface area (Å²) >= 11 is 1.41. The summed E-state index contributed by atoms with van der Waals surface area (Å²) < 4.78 is 5.52.